The van der Waals surface area contributed by atoms with Crippen LogP contribution in [0, 0.1) is 0 Å². The largest absolute Gasteiger partial charge is 0.256 e. The molecule has 1 aromatic heterocycles. The van der Waals surface area contributed by atoms with Crippen molar-refractivity contribution in [1.82, 2.24) is 4.98 Å². The Hall–Kier alpha value is -1.20. The smallest absolute Gasteiger partial charge is 0.0701 e. The maximum absolute atomic E-state index is 4.25. The van der Waals surface area contributed by atoms with Crippen molar-refractivity contribution in [3.63, 3.8) is 0 Å². The third-order valence-electron chi connectivity index (χ3n) is 1.73. The van der Waals surface area contributed by atoms with Crippen LogP contribution in [0.4, 0.5) is 0 Å². The third kappa shape index (κ3) is 2.37. The van der Waals surface area contributed by atoms with Gasteiger partial charge in [0.05, 0.1) is 5.69 Å². The SMILES string of the molecule is [P].c1ccc(-c2ccccn2)cc1. The number of benzene rings is 1. The van der Waals surface area contributed by atoms with Crippen molar-refractivity contribution in [2.45, 2.75) is 0 Å². The topological polar surface area (TPSA) is 12.9 Å². The average Bonchev–Trinajstić information content (AvgIpc) is 2.21. The second-order valence-corrected chi connectivity index (χ2v) is 2.58. The second kappa shape index (κ2) is 4.74. The van der Waals surface area contributed by atoms with E-state index in [0.29, 0.717) is 0 Å². The van der Waals surface area contributed by atoms with Crippen LogP contribution < -0.4 is 0 Å². The minimum Gasteiger partial charge on any atom is -0.256 e. The van der Waals surface area contributed by atoms with Gasteiger partial charge in [0, 0.05) is 21.7 Å². The molecule has 0 amide bonds. The summed E-state index contributed by atoms with van der Waals surface area (Å²) in [5, 5.41) is 0. The fourth-order valence-corrected chi connectivity index (χ4v) is 1.14. The van der Waals surface area contributed by atoms with Crippen LogP contribution in [0.3, 0.4) is 0 Å². The van der Waals surface area contributed by atoms with Crippen LogP contribution in [0.2, 0.25) is 0 Å². The predicted octanol–water partition coefficient (Wildman–Crippen LogP) is 3.61. The van der Waals surface area contributed by atoms with E-state index in [0.717, 1.165) is 11.3 Å². The van der Waals surface area contributed by atoms with Crippen molar-refractivity contribution in [3.05, 3.63) is 54.7 Å². The monoisotopic (exact) mass is 186 g/mol. The molecule has 2 aromatic rings. The summed E-state index contributed by atoms with van der Waals surface area (Å²) in [4.78, 5) is 4.25. The molecule has 0 aliphatic rings. The van der Waals surface area contributed by atoms with Crippen molar-refractivity contribution in [2.24, 2.45) is 0 Å². The summed E-state index contributed by atoms with van der Waals surface area (Å²) in [5.41, 5.74) is 2.19. The van der Waals surface area contributed by atoms with Gasteiger partial charge in [-0.2, -0.15) is 0 Å². The molecule has 0 saturated carbocycles. The van der Waals surface area contributed by atoms with Crippen LogP contribution in [0.15, 0.2) is 54.7 Å². The van der Waals surface area contributed by atoms with Crippen molar-refractivity contribution >= 4 is 9.90 Å². The Morgan fingerprint density at radius 3 is 2.08 bits per heavy atom. The van der Waals surface area contributed by atoms with Gasteiger partial charge < -0.3 is 0 Å². The molecule has 0 aliphatic carbocycles. The lowest BCUT2D eigenvalue weighted by molar-refractivity contribution is 1.33. The van der Waals surface area contributed by atoms with Crippen LogP contribution in [-0.2, 0) is 0 Å². The Labute approximate surface area is 81.5 Å². The number of hydrogen-bond donors (Lipinski definition) is 0. The van der Waals surface area contributed by atoms with Gasteiger partial charge in [-0.25, -0.2) is 0 Å². The van der Waals surface area contributed by atoms with E-state index in [1.165, 1.54) is 0 Å². The Morgan fingerprint density at radius 2 is 1.46 bits per heavy atom. The highest BCUT2D eigenvalue weighted by molar-refractivity contribution is 6.92. The first kappa shape index (κ1) is 9.88. The van der Waals surface area contributed by atoms with Crippen molar-refractivity contribution < 1.29 is 0 Å². The maximum atomic E-state index is 4.25. The molecule has 1 nitrogen and oxygen atoms in total. The highest BCUT2D eigenvalue weighted by Gasteiger charge is 1.93. The molecule has 1 aromatic carbocycles. The lowest BCUT2D eigenvalue weighted by atomic mass is 10.1. The van der Waals surface area contributed by atoms with E-state index in [4.69, 9.17) is 0 Å². The molecule has 1 heterocycles. The van der Waals surface area contributed by atoms with Gasteiger partial charge in [0.1, 0.15) is 0 Å². The molecule has 0 bridgehead atoms. The molecular formula is C11H9NP. The van der Waals surface area contributed by atoms with Crippen LogP contribution in [-0.4, -0.2) is 4.98 Å². The molecular weight excluding hydrogens is 177 g/mol. The van der Waals surface area contributed by atoms with E-state index in [-0.39, 0.29) is 9.90 Å². The molecule has 3 radical (unpaired) electrons. The summed E-state index contributed by atoms with van der Waals surface area (Å²) in [6.07, 6.45) is 1.81. The van der Waals surface area contributed by atoms with Gasteiger partial charge in [0.2, 0.25) is 0 Å². The molecule has 0 unspecified atom stereocenters. The third-order valence-corrected chi connectivity index (χ3v) is 1.73. The number of aromatic nitrogens is 1. The molecule has 2 heteroatoms. The van der Waals surface area contributed by atoms with Crippen LogP contribution in [0.1, 0.15) is 0 Å². The first-order chi connectivity index (χ1) is 5.97. The van der Waals surface area contributed by atoms with Crippen molar-refractivity contribution in [3.8, 4) is 11.3 Å². The molecule has 13 heavy (non-hydrogen) atoms. The Bertz CT molecular complexity index is 307. The van der Waals surface area contributed by atoms with Crippen molar-refractivity contribution in [1.29, 1.82) is 0 Å². The van der Waals surface area contributed by atoms with Gasteiger partial charge in [-0.05, 0) is 12.1 Å². The number of rotatable bonds is 1. The fourth-order valence-electron chi connectivity index (χ4n) is 1.14. The summed E-state index contributed by atoms with van der Waals surface area (Å²) in [6, 6.07) is 16.1. The van der Waals surface area contributed by atoms with Gasteiger partial charge in [-0.15, -0.1) is 0 Å². The Balaban J connectivity index is 0.000000845. The molecule has 0 saturated heterocycles. The lowest BCUT2D eigenvalue weighted by Gasteiger charge is -1.97. The second-order valence-electron chi connectivity index (χ2n) is 2.58. The normalized spacial score (nSPS) is 8.92. The zero-order chi connectivity index (χ0) is 8.23. The summed E-state index contributed by atoms with van der Waals surface area (Å²) in [5.74, 6) is 0. The van der Waals surface area contributed by atoms with E-state index in [2.05, 4.69) is 17.1 Å². The molecule has 63 valence electrons. The minimum atomic E-state index is 0. The van der Waals surface area contributed by atoms with Gasteiger partial charge in [-0.3, -0.25) is 4.98 Å². The molecule has 0 fully saturated rings. The van der Waals surface area contributed by atoms with Gasteiger partial charge in [0.25, 0.3) is 0 Å². The Kier molecular flexibility index (Phi) is 3.60. The summed E-state index contributed by atoms with van der Waals surface area (Å²) in [6.45, 7) is 0. The van der Waals surface area contributed by atoms with E-state index < -0.39 is 0 Å². The van der Waals surface area contributed by atoms with Gasteiger partial charge in [-0.1, -0.05) is 36.4 Å². The van der Waals surface area contributed by atoms with E-state index in [1.807, 2.05) is 42.6 Å². The highest BCUT2D eigenvalue weighted by Crippen LogP contribution is 2.14. The zero-order valence-electron chi connectivity index (χ0n) is 7.09. The first-order valence-corrected chi connectivity index (χ1v) is 3.93. The Morgan fingerprint density at radius 1 is 0.769 bits per heavy atom. The average molecular weight is 186 g/mol. The minimum absolute atomic E-state index is 0. The van der Waals surface area contributed by atoms with E-state index in [9.17, 15) is 0 Å². The molecule has 0 aliphatic heterocycles. The molecule has 0 N–H and O–H groups in total. The van der Waals surface area contributed by atoms with E-state index >= 15 is 0 Å². The lowest BCUT2D eigenvalue weighted by Crippen LogP contribution is -1.79. The summed E-state index contributed by atoms with van der Waals surface area (Å²) < 4.78 is 0. The number of nitrogens with zero attached hydrogens (tertiary/aromatic N) is 1. The predicted molar refractivity (Wildman–Crippen MR) is 56.6 cm³/mol. The number of pyridine rings is 1. The standard InChI is InChI=1S/C11H9N.P/c1-2-6-10(7-3-1)11-8-4-5-9-12-11;/h1-9H;. The maximum Gasteiger partial charge on any atom is 0.0701 e. The van der Waals surface area contributed by atoms with Gasteiger partial charge >= 0.3 is 0 Å². The molecule has 2 rings (SSSR count). The van der Waals surface area contributed by atoms with Crippen LogP contribution in [0.5, 0.6) is 0 Å². The van der Waals surface area contributed by atoms with Crippen molar-refractivity contribution in [2.75, 3.05) is 0 Å². The zero-order valence-corrected chi connectivity index (χ0v) is 7.99. The van der Waals surface area contributed by atoms with Crippen LogP contribution >= 0.6 is 9.90 Å². The quantitative estimate of drug-likeness (QED) is 0.620. The fraction of sp³-hybridized carbons (Fsp3) is 0. The van der Waals surface area contributed by atoms with E-state index in [1.54, 1.807) is 0 Å². The number of hydrogen-bond acceptors (Lipinski definition) is 1. The summed E-state index contributed by atoms with van der Waals surface area (Å²) >= 11 is 0. The summed E-state index contributed by atoms with van der Waals surface area (Å²) in [7, 11) is 0. The molecule has 0 spiro atoms. The van der Waals surface area contributed by atoms with Gasteiger partial charge in [0.15, 0.2) is 0 Å². The first-order valence-electron chi connectivity index (χ1n) is 3.93. The van der Waals surface area contributed by atoms with Crippen LogP contribution in [0.25, 0.3) is 11.3 Å². The highest BCUT2D eigenvalue weighted by atomic mass is 31.0. The molecule has 0 atom stereocenters.